The van der Waals surface area contributed by atoms with E-state index in [1.54, 1.807) is 12.1 Å². The van der Waals surface area contributed by atoms with Gasteiger partial charge in [0.25, 0.3) is 0 Å². The zero-order valence-electron chi connectivity index (χ0n) is 10.7. The Hall–Kier alpha value is -2.43. The van der Waals surface area contributed by atoms with Crippen LogP contribution in [0.2, 0.25) is 0 Å². The van der Waals surface area contributed by atoms with Gasteiger partial charge in [-0.3, -0.25) is 5.41 Å². The quantitative estimate of drug-likeness (QED) is 0.657. The van der Waals surface area contributed by atoms with Crippen molar-refractivity contribution in [3.63, 3.8) is 0 Å². The highest BCUT2D eigenvalue weighted by Gasteiger charge is 2.14. The summed E-state index contributed by atoms with van der Waals surface area (Å²) >= 11 is 0. The van der Waals surface area contributed by atoms with Gasteiger partial charge in [-0.15, -0.1) is 0 Å². The van der Waals surface area contributed by atoms with Crippen molar-refractivity contribution in [2.24, 2.45) is 5.73 Å². The van der Waals surface area contributed by atoms with Gasteiger partial charge in [0.15, 0.2) is 0 Å². The third-order valence-corrected chi connectivity index (χ3v) is 2.59. The SMILES string of the molecule is Cc1cc(C)c(C(=N)N)c(Oc2cccc(F)c2)n1. The highest BCUT2D eigenvalue weighted by Crippen LogP contribution is 2.26. The molecule has 1 aromatic heterocycles. The molecule has 98 valence electrons. The number of nitrogen functional groups attached to an aromatic ring is 1. The van der Waals surface area contributed by atoms with Crippen LogP contribution < -0.4 is 10.5 Å². The number of rotatable bonds is 3. The minimum atomic E-state index is -0.397. The first-order valence-electron chi connectivity index (χ1n) is 5.73. The standard InChI is InChI=1S/C14H14FN3O/c1-8-6-9(2)18-14(12(8)13(16)17)19-11-5-3-4-10(15)7-11/h3-7H,1-2H3,(H3,16,17). The molecule has 2 aromatic rings. The molecule has 4 nitrogen and oxygen atoms in total. The molecule has 0 saturated heterocycles. The molecule has 0 aliphatic rings. The minimum Gasteiger partial charge on any atom is -0.438 e. The predicted octanol–water partition coefficient (Wildman–Crippen LogP) is 2.91. The van der Waals surface area contributed by atoms with Crippen LogP contribution in [0, 0.1) is 25.1 Å². The van der Waals surface area contributed by atoms with E-state index in [2.05, 4.69) is 4.98 Å². The molecule has 0 spiro atoms. The van der Waals surface area contributed by atoms with Gasteiger partial charge >= 0.3 is 0 Å². The molecule has 2 rings (SSSR count). The summed E-state index contributed by atoms with van der Waals surface area (Å²) in [7, 11) is 0. The lowest BCUT2D eigenvalue weighted by atomic mass is 10.1. The summed E-state index contributed by atoms with van der Waals surface area (Å²) in [6.07, 6.45) is 0. The Morgan fingerprint density at radius 3 is 2.68 bits per heavy atom. The second-order valence-electron chi connectivity index (χ2n) is 4.23. The van der Waals surface area contributed by atoms with Gasteiger partial charge in [0.05, 0.1) is 5.56 Å². The number of halogens is 1. The van der Waals surface area contributed by atoms with Crippen LogP contribution in [0.3, 0.4) is 0 Å². The number of pyridine rings is 1. The third kappa shape index (κ3) is 2.88. The van der Waals surface area contributed by atoms with Crippen LogP contribution in [0.1, 0.15) is 16.8 Å². The molecule has 0 unspecified atom stereocenters. The van der Waals surface area contributed by atoms with E-state index in [0.29, 0.717) is 11.3 Å². The highest BCUT2D eigenvalue weighted by atomic mass is 19.1. The minimum absolute atomic E-state index is 0.128. The Balaban J connectivity index is 2.47. The van der Waals surface area contributed by atoms with Gasteiger partial charge in [0.2, 0.25) is 5.88 Å². The van der Waals surface area contributed by atoms with E-state index in [4.69, 9.17) is 15.9 Å². The highest BCUT2D eigenvalue weighted by molar-refractivity contribution is 5.98. The molecule has 0 atom stereocenters. The first-order valence-corrected chi connectivity index (χ1v) is 5.73. The van der Waals surface area contributed by atoms with E-state index in [1.807, 2.05) is 19.9 Å². The van der Waals surface area contributed by atoms with Crippen molar-refractivity contribution in [2.45, 2.75) is 13.8 Å². The molecule has 19 heavy (non-hydrogen) atoms. The smallest absolute Gasteiger partial charge is 0.230 e. The van der Waals surface area contributed by atoms with Crippen LogP contribution in [0.4, 0.5) is 4.39 Å². The number of hydrogen-bond donors (Lipinski definition) is 2. The summed E-state index contributed by atoms with van der Waals surface area (Å²) in [5, 5.41) is 7.58. The Morgan fingerprint density at radius 2 is 2.05 bits per heavy atom. The van der Waals surface area contributed by atoms with Crippen molar-refractivity contribution >= 4 is 5.84 Å². The molecule has 3 N–H and O–H groups in total. The Labute approximate surface area is 110 Å². The van der Waals surface area contributed by atoms with Crippen molar-refractivity contribution in [2.75, 3.05) is 0 Å². The fourth-order valence-electron chi connectivity index (χ4n) is 1.85. The monoisotopic (exact) mass is 259 g/mol. The summed E-state index contributed by atoms with van der Waals surface area (Å²) < 4.78 is 18.7. The number of aromatic nitrogens is 1. The second-order valence-corrected chi connectivity index (χ2v) is 4.23. The lowest BCUT2D eigenvalue weighted by Gasteiger charge is -2.12. The van der Waals surface area contributed by atoms with Gasteiger partial charge < -0.3 is 10.5 Å². The average Bonchev–Trinajstić information content (AvgIpc) is 2.26. The maximum atomic E-state index is 13.1. The number of nitrogens with one attached hydrogen (secondary N) is 1. The number of hydrogen-bond acceptors (Lipinski definition) is 3. The summed E-state index contributed by atoms with van der Waals surface area (Å²) in [6, 6.07) is 7.55. The van der Waals surface area contributed by atoms with Gasteiger partial charge in [0.1, 0.15) is 17.4 Å². The Kier molecular flexibility index (Phi) is 3.46. The van der Waals surface area contributed by atoms with Crippen LogP contribution in [0.25, 0.3) is 0 Å². The number of aryl methyl sites for hydroxylation is 2. The number of amidine groups is 1. The predicted molar refractivity (Wildman–Crippen MR) is 71.2 cm³/mol. The number of benzene rings is 1. The maximum absolute atomic E-state index is 13.1. The van der Waals surface area contributed by atoms with Crippen molar-refractivity contribution in [3.8, 4) is 11.6 Å². The van der Waals surface area contributed by atoms with Gasteiger partial charge in [-0.1, -0.05) is 6.07 Å². The topological polar surface area (TPSA) is 72.0 Å². The number of ether oxygens (including phenoxy) is 1. The first kappa shape index (κ1) is 13.0. The molecular weight excluding hydrogens is 245 g/mol. The molecule has 1 heterocycles. The zero-order valence-corrected chi connectivity index (χ0v) is 10.7. The molecule has 0 aliphatic carbocycles. The summed E-state index contributed by atoms with van der Waals surface area (Å²) in [5.41, 5.74) is 7.51. The van der Waals surface area contributed by atoms with Crippen molar-refractivity contribution in [1.82, 2.24) is 4.98 Å². The number of nitrogens with two attached hydrogens (primary N) is 1. The molecule has 0 fully saturated rings. The molecule has 0 saturated carbocycles. The van der Waals surface area contributed by atoms with Crippen molar-refractivity contribution in [1.29, 1.82) is 5.41 Å². The molecule has 0 amide bonds. The summed E-state index contributed by atoms with van der Waals surface area (Å²) in [6.45, 7) is 3.64. The molecule has 0 bridgehead atoms. The molecule has 1 aromatic carbocycles. The van der Waals surface area contributed by atoms with E-state index < -0.39 is 5.82 Å². The number of nitrogens with zero attached hydrogens (tertiary/aromatic N) is 1. The van der Waals surface area contributed by atoms with Crippen LogP contribution in [-0.4, -0.2) is 10.8 Å². The fourth-order valence-corrected chi connectivity index (χ4v) is 1.85. The van der Waals surface area contributed by atoms with E-state index >= 15 is 0 Å². The van der Waals surface area contributed by atoms with Gasteiger partial charge in [-0.2, -0.15) is 0 Å². The van der Waals surface area contributed by atoms with Gasteiger partial charge in [-0.05, 0) is 37.6 Å². The maximum Gasteiger partial charge on any atom is 0.230 e. The van der Waals surface area contributed by atoms with E-state index in [-0.39, 0.29) is 11.7 Å². The summed E-state index contributed by atoms with van der Waals surface area (Å²) in [5.74, 6) is 0.0123. The zero-order chi connectivity index (χ0) is 14.0. The van der Waals surface area contributed by atoms with E-state index in [0.717, 1.165) is 11.3 Å². The average molecular weight is 259 g/mol. The third-order valence-electron chi connectivity index (χ3n) is 2.59. The van der Waals surface area contributed by atoms with E-state index in [1.165, 1.54) is 12.1 Å². The lowest BCUT2D eigenvalue weighted by Crippen LogP contribution is -2.15. The molecule has 0 radical (unpaired) electrons. The molecule has 0 aliphatic heterocycles. The van der Waals surface area contributed by atoms with Crippen molar-refractivity contribution in [3.05, 3.63) is 53.0 Å². The molecular formula is C14H14FN3O. The van der Waals surface area contributed by atoms with Gasteiger partial charge in [-0.25, -0.2) is 9.37 Å². The van der Waals surface area contributed by atoms with Crippen LogP contribution >= 0.6 is 0 Å². The van der Waals surface area contributed by atoms with Gasteiger partial charge in [0, 0.05) is 11.8 Å². The largest absolute Gasteiger partial charge is 0.438 e. The van der Waals surface area contributed by atoms with Crippen LogP contribution in [-0.2, 0) is 0 Å². The van der Waals surface area contributed by atoms with Crippen LogP contribution in [0.5, 0.6) is 11.6 Å². The van der Waals surface area contributed by atoms with Crippen LogP contribution in [0.15, 0.2) is 30.3 Å². The fraction of sp³-hybridized carbons (Fsp3) is 0.143. The first-order chi connectivity index (χ1) is 8.97. The van der Waals surface area contributed by atoms with Crippen molar-refractivity contribution < 1.29 is 9.13 Å². The molecule has 5 heteroatoms. The lowest BCUT2D eigenvalue weighted by molar-refractivity contribution is 0.455. The second kappa shape index (κ2) is 5.06. The van der Waals surface area contributed by atoms with E-state index in [9.17, 15) is 4.39 Å². The summed E-state index contributed by atoms with van der Waals surface area (Å²) in [4.78, 5) is 4.21. The Bertz CT molecular complexity index is 641. The Morgan fingerprint density at radius 1 is 1.32 bits per heavy atom. The normalized spacial score (nSPS) is 10.3.